The minimum absolute atomic E-state index is 0.0892. The molecule has 0 radical (unpaired) electrons. The van der Waals surface area contributed by atoms with Crippen LogP contribution in [0.2, 0.25) is 5.02 Å². The predicted octanol–water partition coefficient (Wildman–Crippen LogP) is 5.47. The number of nitrogens with zero attached hydrogens (tertiary/aromatic N) is 3. The van der Waals surface area contributed by atoms with Crippen molar-refractivity contribution < 1.29 is 14.3 Å². The molecule has 0 unspecified atom stereocenters. The zero-order valence-electron chi connectivity index (χ0n) is 18.8. The number of carbonyl (C=O) groups is 1. The van der Waals surface area contributed by atoms with Gasteiger partial charge in [0.05, 0.1) is 30.1 Å². The molecular formula is C27H23ClN4O3. The fraction of sp³-hybridized carbons (Fsp3) is 0.148. The molecule has 0 aliphatic carbocycles. The summed E-state index contributed by atoms with van der Waals surface area (Å²) in [5.74, 6) is 0.324. The van der Waals surface area contributed by atoms with E-state index in [0.717, 1.165) is 27.7 Å². The maximum atomic E-state index is 12.4. The van der Waals surface area contributed by atoms with Gasteiger partial charge in [-0.3, -0.25) is 9.69 Å². The van der Waals surface area contributed by atoms with Crippen LogP contribution in [0.15, 0.2) is 82.5 Å². The molecule has 3 aromatic carbocycles. The topological polar surface area (TPSA) is 102 Å². The number of aromatic hydroxyl groups is 1. The number of hydrogen-bond donors (Lipinski definition) is 2. The van der Waals surface area contributed by atoms with Gasteiger partial charge in [-0.1, -0.05) is 48.0 Å². The number of halogens is 1. The number of fused-ring (bicyclic) bond motifs is 1. The van der Waals surface area contributed by atoms with E-state index in [9.17, 15) is 9.90 Å². The lowest BCUT2D eigenvalue weighted by molar-refractivity contribution is 0.0955. The first-order chi connectivity index (χ1) is 17.0. The van der Waals surface area contributed by atoms with Gasteiger partial charge in [-0.25, -0.2) is 5.43 Å². The summed E-state index contributed by atoms with van der Waals surface area (Å²) in [5, 5.41) is 24.9. The number of amides is 1. The van der Waals surface area contributed by atoms with Crippen LogP contribution in [0.25, 0.3) is 10.8 Å². The lowest BCUT2D eigenvalue weighted by Gasteiger charge is -2.21. The van der Waals surface area contributed by atoms with E-state index in [1.165, 1.54) is 18.2 Å². The first-order valence-electron chi connectivity index (χ1n) is 11.0. The normalized spacial score (nSPS) is 11.2. The van der Waals surface area contributed by atoms with Crippen molar-refractivity contribution in [2.75, 3.05) is 6.54 Å². The highest BCUT2D eigenvalue weighted by Gasteiger charge is 2.12. The Labute approximate surface area is 207 Å². The summed E-state index contributed by atoms with van der Waals surface area (Å²) in [6.07, 6.45) is 3.67. The van der Waals surface area contributed by atoms with Gasteiger partial charge in [-0.05, 0) is 46.7 Å². The van der Waals surface area contributed by atoms with E-state index in [1.807, 2.05) is 48.5 Å². The molecule has 7 nitrogen and oxygen atoms in total. The maximum absolute atomic E-state index is 12.4. The Morgan fingerprint density at radius 2 is 1.94 bits per heavy atom. The highest BCUT2D eigenvalue weighted by atomic mass is 35.5. The lowest BCUT2D eigenvalue weighted by atomic mass is 9.99. The fourth-order valence-electron chi connectivity index (χ4n) is 3.79. The second kappa shape index (κ2) is 11.3. The van der Waals surface area contributed by atoms with Crippen LogP contribution in [0.3, 0.4) is 0 Å². The van der Waals surface area contributed by atoms with Crippen molar-refractivity contribution in [1.29, 1.82) is 5.26 Å². The summed E-state index contributed by atoms with van der Waals surface area (Å²) >= 11 is 5.88. The Hall–Kier alpha value is -4.12. The standard InChI is InChI=1S/C27H23ClN4O3/c28-25-15-19(10-11-26(25)33)27(34)31-30-16-20-8-9-21(24-7-2-1-6-23(20)24)17-32(13-4-12-29)18-22-5-3-14-35-22/h1-3,5-11,14-16,33H,4,13,17-18H2,(H,31,34). The number of benzene rings is 3. The third-order valence-electron chi connectivity index (χ3n) is 5.52. The van der Waals surface area contributed by atoms with Crippen molar-refractivity contribution in [3.63, 3.8) is 0 Å². The Balaban J connectivity index is 1.53. The molecule has 0 bridgehead atoms. The molecular weight excluding hydrogens is 464 g/mol. The summed E-state index contributed by atoms with van der Waals surface area (Å²) in [4.78, 5) is 14.5. The molecule has 4 aromatic rings. The number of hydrazone groups is 1. The summed E-state index contributed by atoms with van der Waals surface area (Å²) in [5.41, 5.74) is 4.75. The molecule has 1 amide bonds. The van der Waals surface area contributed by atoms with Gasteiger partial charge in [0.25, 0.3) is 5.91 Å². The smallest absolute Gasteiger partial charge is 0.271 e. The van der Waals surface area contributed by atoms with Gasteiger partial charge in [0.1, 0.15) is 11.5 Å². The largest absolute Gasteiger partial charge is 0.506 e. The van der Waals surface area contributed by atoms with Crippen molar-refractivity contribution in [3.8, 4) is 11.8 Å². The number of nitriles is 1. The molecule has 0 fully saturated rings. The van der Waals surface area contributed by atoms with Crippen LogP contribution in [0.1, 0.15) is 33.7 Å². The van der Waals surface area contributed by atoms with Crippen molar-refractivity contribution in [3.05, 3.63) is 100 Å². The van der Waals surface area contributed by atoms with Gasteiger partial charge < -0.3 is 9.52 Å². The highest BCUT2D eigenvalue weighted by Crippen LogP contribution is 2.25. The number of nitrogens with one attached hydrogen (secondary N) is 1. The molecule has 1 aromatic heterocycles. The molecule has 0 saturated heterocycles. The first-order valence-corrected chi connectivity index (χ1v) is 11.4. The summed E-state index contributed by atoms with van der Waals surface area (Å²) < 4.78 is 5.50. The van der Waals surface area contributed by atoms with E-state index in [4.69, 9.17) is 21.3 Å². The average Bonchev–Trinajstić information content (AvgIpc) is 3.38. The second-order valence-electron chi connectivity index (χ2n) is 7.92. The van der Waals surface area contributed by atoms with Crippen LogP contribution in [-0.2, 0) is 13.1 Å². The number of rotatable bonds is 9. The Morgan fingerprint density at radius 1 is 1.11 bits per heavy atom. The quantitative estimate of drug-likeness (QED) is 0.241. The molecule has 4 rings (SSSR count). The van der Waals surface area contributed by atoms with Crippen LogP contribution in [0.4, 0.5) is 0 Å². The van der Waals surface area contributed by atoms with Crippen LogP contribution in [0, 0.1) is 11.3 Å². The van der Waals surface area contributed by atoms with E-state index in [0.29, 0.717) is 31.6 Å². The van der Waals surface area contributed by atoms with Gasteiger partial charge in [0, 0.05) is 30.6 Å². The molecule has 0 saturated carbocycles. The molecule has 0 spiro atoms. The zero-order chi connectivity index (χ0) is 24.6. The maximum Gasteiger partial charge on any atom is 0.271 e. The zero-order valence-corrected chi connectivity index (χ0v) is 19.6. The van der Waals surface area contributed by atoms with Gasteiger partial charge in [0.2, 0.25) is 0 Å². The van der Waals surface area contributed by atoms with Crippen LogP contribution in [0.5, 0.6) is 5.75 Å². The second-order valence-corrected chi connectivity index (χ2v) is 8.33. The van der Waals surface area contributed by atoms with E-state index >= 15 is 0 Å². The van der Waals surface area contributed by atoms with Crippen LogP contribution < -0.4 is 5.43 Å². The van der Waals surface area contributed by atoms with Crippen molar-refractivity contribution >= 4 is 34.5 Å². The monoisotopic (exact) mass is 486 g/mol. The minimum atomic E-state index is -0.435. The summed E-state index contributed by atoms with van der Waals surface area (Å²) in [6.45, 7) is 1.89. The number of phenolic OH excluding ortho intramolecular Hbond substituents is 1. The average molecular weight is 487 g/mol. The molecule has 2 N–H and O–H groups in total. The Morgan fingerprint density at radius 3 is 2.69 bits per heavy atom. The number of furan rings is 1. The fourth-order valence-corrected chi connectivity index (χ4v) is 3.97. The number of hydrogen-bond acceptors (Lipinski definition) is 6. The Kier molecular flexibility index (Phi) is 7.78. The summed E-state index contributed by atoms with van der Waals surface area (Å²) in [7, 11) is 0. The van der Waals surface area contributed by atoms with E-state index in [1.54, 1.807) is 12.5 Å². The van der Waals surface area contributed by atoms with Crippen molar-refractivity contribution in [1.82, 2.24) is 10.3 Å². The van der Waals surface area contributed by atoms with E-state index in [2.05, 4.69) is 21.5 Å². The molecule has 176 valence electrons. The SMILES string of the molecule is N#CCCN(Cc1ccco1)Cc1ccc(C=NNC(=O)c2ccc(O)c(Cl)c2)c2ccccc12. The lowest BCUT2D eigenvalue weighted by Crippen LogP contribution is -2.23. The van der Waals surface area contributed by atoms with Crippen molar-refractivity contribution in [2.45, 2.75) is 19.5 Å². The summed E-state index contributed by atoms with van der Waals surface area (Å²) in [6, 6.07) is 22.2. The minimum Gasteiger partial charge on any atom is -0.506 e. The number of phenols is 1. The van der Waals surface area contributed by atoms with E-state index < -0.39 is 5.91 Å². The predicted molar refractivity (Wildman–Crippen MR) is 135 cm³/mol. The van der Waals surface area contributed by atoms with Crippen LogP contribution >= 0.6 is 11.6 Å². The Bertz CT molecular complexity index is 1390. The molecule has 35 heavy (non-hydrogen) atoms. The molecule has 8 heteroatoms. The molecule has 0 atom stereocenters. The first kappa shape index (κ1) is 24.0. The molecule has 0 aliphatic rings. The van der Waals surface area contributed by atoms with Crippen molar-refractivity contribution in [2.24, 2.45) is 5.10 Å². The van der Waals surface area contributed by atoms with Gasteiger partial charge in [0.15, 0.2) is 0 Å². The van der Waals surface area contributed by atoms with Gasteiger partial charge in [-0.2, -0.15) is 10.4 Å². The highest BCUT2D eigenvalue weighted by molar-refractivity contribution is 6.32. The van der Waals surface area contributed by atoms with Gasteiger partial charge >= 0.3 is 0 Å². The number of carbonyl (C=O) groups excluding carboxylic acids is 1. The molecule has 1 heterocycles. The molecule has 0 aliphatic heterocycles. The third-order valence-corrected chi connectivity index (χ3v) is 5.82. The third kappa shape index (κ3) is 6.07. The van der Waals surface area contributed by atoms with Gasteiger partial charge in [-0.15, -0.1) is 0 Å². The van der Waals surface area contributed by atoms with E-state index in [-0.39, 0.29) is 10.8 Å². The van der Waals surface area contributed by atoms with Crippen LogP contribution in [-0.4, -0.2) is 28.7 Å².